The second-order valence-corrected chi connectivity index (χ2v) is 8.42. The number of aliphatic hydroxyl groups excluding tert-OH is 1. The van der Waals surface area contributed by atoms with Crippen LogP contribution in [-0.4, -0.2) is 64.7 Å². The summed E-state index contributed by atoms with van der Waals surface area (Å²) in [5.41, 5.74) is 5.86. The molecule has 30 heavy (non-hydrogen) atoms. The molecule has 0 rings (SSSR count). The van der Waals surface area contributed by atoms with Crippen LogP contribution in [0.5, 0.6) is 0 Å². The number of carboxylic acid groups (broad SMARTS) is 1. The SMILES string of the molecule is CCC(C)C(NC(=O)C(CO)NC(=O)C(NC(=O)C(N)CC(C)C)C(C)C)C(=O)O. The van der Waals surface area contributed by atoms with Gasteiger partial charge in [0, 0.05) is 0 Å². The highest BCUT2D eigenvalue weighted by atomic mass is 16.4. The number of carbonyl (C=O) groups excluding carboxylic acids is 3. The second-order valence-electron chi connectivity index (χ2n) is 8.42. The van der Waals surface area contributed by atoms with Crippen molar-refractivity contribution in [3.05, 3.63) is 0 Å². The number of hydrogen-bond acceptors (Lipinski definition) is 6. The summed E-state index contributed by atoms with van der Waals surface area (Å²) in [6, 6.07) is -4.25. The largest absolute Gasteiger partial charge is 0.480 e. The molecule has 5 unspecified atom stereocenters. The Balaban J connectivity index is 5.20. The molecular formula is C20H38N4O6. The topological polar surface area (TPSA) is 171 Å². The first-order valence-electron chi connectivity index (χ1n) is 10.4. The molecule has 0 aliphatic rings. The van der Waals surface area contributed by atoms with Crippen LogP contribution in [-0.2, 0) is 19.2 Å². The minimum absolute atomic E-state index is 0.201. The summed E-state index contributed by atoms with van der Waals surface area (Å²) in [6.45, 7) is 10.0. The van der Waals surface area contributed by atoms with Crippen LogP contribution >= 0.6 is 0 Å². The zero-order valence-electron chi connectivity index (χ0n) is 18.8. The molecule has 0 radical (unpaired) electrons. The lowest BCUT2D eigenvalue weighted by molar-refractivity contribution is -0.144. The molecule has 5 atom stereocenters. The van der Waals surface area contributed by atoms with E-state index in [1.807, 2.05) is 13.8 Å². The number of nitrogens with two attached hydrogens (primary N) is 1. The van der Waals surface area contributed by atoms with Crippen LogP contribution in [0.2, 0.25) is 0 Å². The van der Waals surface area contributed by atoms with Gasteiger partial charge in [-0.15, -0.1) is 0 Å². The molecule has 0 saturated carbocycles. The van der Waals surface area contributed by atoms with Crippen molar-refractivity contribution in [1.82, 2.24) is 16.0 Å². The van der Waals surface area contributed by atoms with Gasteiger partial charge in [-0.3, -0.25) is 14.4 Å². The molecule has 174 valence electrons. The van der Waals surface area contributed by atoms with Crippen molar-refractivity contribution < 1.29 is 29.4 Å². The van der Waals surface area contributed by atoms with Crippen LogP contribution in [0.1, 0.15) is 54.4 Å². The summed E-state index contributed by atoms with van der Waals surface area (Å²) >= 11 is 0. The van der Waals surface area contributed by atoms with Gasteiger partial charge in [-0.2, -0.15) is 0 Å². The molecule has 0 aromatic rings. The van der Waals surface area contributed by atoms with Crippen LogP contribution in [0.3, 0.4) is 0 Å². The Kier molecular flexibility index (Phi) is 12.2. The molecule has 7 N–H and O–H groups in total. The molecule has 0 heterocycles. The number of hydrogen-bond donors (Lipinski definition) is 6. The van der Waals surface area contributed by atoms with E-state index in [0.717, 1.165) is 0 Å². The Morgan fingerprint density at radius 3 is 1.80 bits per heavy atom. The zero-order chi connectivity index (χ0) is 23.6. The molecule has 0 fully saturated rings. The van der Waals surface area contributed by atoms with Crippen molar-refractivity contribution in [3.8, 4) is 0 Å². The van der Waals surface area contributed by atoms with Crippen molar-refractivity contribution in [2.75, 3.05) is 6.61 Å². The first-order valence-corrected chi connectivity index (χ1v) is 10.4. The maximum absolute atomic E-state index is 12.7. The molecule has 0 aliphatic carbocycles. The van der Waals surface area contributed by atoms with E-state index in [1.165, 1.54) is 0 Å². The Morgan fingerprint density at radius 2 is 1.40 bits per heavy atom. The molecule has 0 bridgehead atoms. The second kappa shape index (κ2) is 13.2. The van der Waals surface area contributed by atoms with Gasteiger partial charge in [0.1, 0.15) is 18.1 Å². The van der Waals surface area contributed by atoms with E-state index in [1.54, 1.807) is 27.7 Å². The number of carboxylic acids is 1. The highest BCUT2D eigenvalue weighted by Crippen LogP contribution is 2.09. The van der Waals surface area contributed by atoms with Gasteiger partial charge < -0.3 is 31.9 Å². The number of aliphatic hydroxyl groups is 1. The third-order valence-electron chi connectivity index (χ3n) is 4.90. The molecule has 0 aromatic carbocycles. The molecular weight excluding hydrogens is 392 g/mol. The summed E-state index contributed by atoms with van der Waals surface area (Å²) < 4.78 is 0. The number of nitrogens with one attached hydrogen (secondary N) is 3. The van der Waals surface area contributed by atoms with Gasteiger partial charge in [0.25, 0.3) is 0 Å². The van der Waals surface area contributed by atoms with Crippen molar-refractivity contribution in [3.63, 3.8) is 0 Å². The molecule has 0 saturated heterocycles. The molecule has 0 aromatic heterocycles. The summed E-state index contributed by atoms with van der Waals surface area (Å²) in [6.07, 6.45) is 0.970. The van der Waals surface area contributed by atoms with E-state index >= 15 is 0 Å². The maximum Gasteiger partial charge on any atom is 0.326 e. The standard InChI is InChI=1S/C20H38N4O6/c1-7-12(6)16(20(29)30)24-18(27)14(9-25)22-19(28)15(11(4)5)23-17(26)13(21)8-10(2)3/h10-16,25H,7-9,21H2,1-6H3,(H,22,28)(H,23,26)(H,24,27)(H,29,30). The number of carbonyl (C=O) groups is 4. The van der Waals surface area contributed by atoms with Crippen molar-refractivity contribution in [1.29, 1.82) is 0 Å². The maximum atomic E-state index is 12.7. The normalized spacial score (nSPS) is 16.3. The molecule has 10 nitrogen and oxygen atoms in total. The van der Waals surface area contributed by atoms with Crippen LogP contribution in [0.25, 0.3) is 0 Å². The predicted molar refractivity (Wildman–Crippen MR) is 112 cm³/mol. The minimum Gasteiger partial charge on any atom is -0.480 e. The van der Waals surface area contributed by atoms with E-state index in [9.17, 15) is 29.4 Å². The number of aliphatic carboxylic acids is 1. The average molecular weight is 431 g/mol. The van der Waals surface area contributed by atoms with Crippen LogP contribution in [0.15, 0.2) is 0 Å². The summed E-state index contributed by atoms with van der Waals surface area (Å²) in [5, 5.41) is 26.2. The van der Waals surface area contributed by atoms with Gasteiger partial charge in [-0.25, -0.2) is 4.79 Å². The Morgan fingerprint density at radius 1 is 0.867 bits per heavy atom. The van der Waals surface area contributed by atoms with Gasteiger partial charge >= 0.3 is 5.97 Å². The van der Waals surface area contributed by atoms with Crippen molar-refractivity contribution in [2.24, 2.45) is 23.5 Å². The van der Waals surface area contributed by atoms with Gasteiger partial charge in [-0.1, -0.05) is 48.0 Å². The highest BCUT2D eigenvalue weighted by Gasteiger charge is 2.32. The van der Waals surface area contributed by atoms with E-state index in [2.05, 4.69) is 16.0 Å². The lowest BCUT2D eigenvalue weighted by atomic mass is 9.98. The van der Waals surface area contributed by atoms with Gasteiger partial charge in [0.2, 0.25) is 17.7 Å². The molecule has 0 aliphatic heterocycles. The van der Waals surface area contributed by atoms with Crippen LogP contribution < -0.4 is 21.7 Å². The lowest BCUT2D eigenvalue weighted by Crippen LogP contribution is -2.59. The summed E-state index contributed by atoms with van der Waals surface area (Å²) in [7, 11) is 0. The fourth-order valence-corrected chi connectivity index (χ4v) is 2.80. The van der Waals surface area contributed by atoms with Gasteiger partial charge in [-0.05, 0) is 24.2 Å². The van der Waals surface area contributed by atoms with Crippen molar-refractivity contribution in [2.45, 2.75) is 78.6 Å². The number of rotatable bonds is 13. The monoisotopic (exact) mass is 430 g/mol. The Hall–Kier alpha value is -2.20. The van der Waals surface area contributed by atoms with E-state index in [4.69, 9.17) is 5.73 Å². The minimum atomic E-state index is -1.36. The summed E-state index contributed by atoms with van der Waals surface area (Å²) in [5.74, 6) is -3.62. The molecule has 3 amide bonds. The van der Waals surface area contributed by atoms with E-state index < -0.39 is 54.5 Å². The Bertz CT molecular complexity index is 596. The molecule has 0 spiro atoms. The van der Waals surface area contributed by atoms with Gasteiger partial charge in [0.05, 0.1) is 12.6 Å². The lowest BCUT2D eigenvalue weighted by Gasteiger charge is -2.27. The van der Waals surface area contributed by atoms with Crippen molar-refractivity contribution >= 4 is 23.7 Å². The third-order valence-corrected chi connectivity index (χ3v) is 4.90. The summed E-state index contributed by atoms with van der Waals surface area (Å²) in [4.78, 5) is 48.8. The fourth-order valence-electron chi connectivity index (χ4n) is 2.80. The first kappa shape index (κ1) is 27.8. The highest BCUT2D eigenvalue weighted by molar-refractivity contribution is 5.94. The number of amides is 3. The molecule has 10 heteroatoms. The van der Waals surface area contributed by atoms with Gasteiger partial charge in [0.15, 0.2) is 0 Å². The van der Waals surface area contributed by atoms with E-state index in [0.29, 0.717) is 12.8 Å². The average Bonchev–Trinajstić information content (AvgIpc) is 2.65. The Labute approximate surface area is 178 Å². The predicted octanol–water partition coefficient (Wildman–Crippen LogP) is -0.407. The quantitative estimate of drug-likeness (QED) is 0.231. The third kappa shape index (κ3) is 9.08. The van der Waals surface area contributed by atoms with Crippen LogP contribution in [0, 0.1) is 17.8 Å². The first-order chi connectivity index (χ1) is 13.8. The van der Waals surface area contributed by atoms with Crippen LogP contribution in [0.4, 0.5) is 0 Å². The fraction of sp³-hybridized carbons (Fsp3) is 0.800. The van der Waals surface area contributed by atoms with E-state index in [-0.39, 0.29) is 17.8 Å². The zero-order valence-corrected chi connectivity index (χ0v) is 18.8. The smallest absolute Gasteiger partial charge is 0.326 e.